The molecule has 0 atom stereocenters. The Morgan fingerprint density at radius 1 is 0.358 bits per heavy atom. The summed E-state index contributed by atoms with van der Waals surface area (Å²) in [5.74, 6) is 0. The molecule has 2 nitrogen and oxygen atoms in total. The number of fused-ring (bicyclic) bond motifs is 13. The standard InChI is InChI=1S/C51H32O2/c1-51(2)43-23-20-30(25-40(43)38-22-19-29-27-47-42(28-39(29)50(38)51)33-12-8-10-18-45(33)53-47)48-34-13-3-5-15-36(34)49(37-16-6-4-14-35(37)48)31-21-24-46-41(26-31)32-11-7-9-17-44(32)52-46/h3-28H,1-2H3. The van der Waals surface area contributed by atoms with Gasteiger partial charge in [0.15, 0.2) is 0 Å². The van der Waals surface area contributed by atoms with Crippen molar-refractivity contribution in [2.75, 3.05) is 0 Å². The van der Waals surface area contributed by atoms with Crippen molar-refractivity contribution < 1.29 is 8.83 Å². The molecule has 0 saturated carbocycles. The fourth-order valence-corrected chi connectivity index (χ4v) is 9.68. The van der Waals surface area contributed by atoms with Crippen LogP contribution >= 0.6 is 0 Å². The lowest BCUT2D eigenvalue weighted by atomic mass is 9.79. The third-order valence-corrected chi connectivity index (χ3v) is 12.0. The fraction of sp³-hybridized carbons (Fsp3) is 0.0588. The molecular weight excluding hydrogens is 645 g/mol. The van der Waals surface area contributed by atoms with E-state index in [0.717, 1.165) is 38.5 Å². The van der Waals surface area contributed by atoms with E-state index in [2.05, 4.69) is 153 Å². The lowest BCUT2D eigenvalue weighted by molar-refractivity contribution is 0.665. The van der Waals surface area contributed by atoms with Gasteiger partial charge in [-0.2, -0.15) is 0 Å². The van der Waals surface area contributed by atoms with Gasteiger partial charge in [0.05, 0.1) is 0 Å². The summed E-state index contributed by atoms with van der Waals surface area (Å²) in [6.45, 7) is 4.77. The zero-order valence-corrected chi connectivity index (χ0v) is 29.3. The summed E-state index contributed by atoms with van der Waals surface area (Å²) in [6.07, 6.45) is 0. The third kappa shape index (κ3) is 3.87. The molecule has 0 saturated heterocycles. The number of rotatable bonds is 2. The maximum absolute atomic E-state index is 6.29. The summed E-state index contributed by atoms with van der Waals surface area (Å²) in [7, 11) is 0. The molecule has 12 rings (SSSR count). The van der Waals surface area contributed by atoms with E-state index in [4.69, 9.17) is 8.83 Å². The van der Waals surface area contributed by atoms with E-state index >= 15 is 0 Å². The van der Waals surface area contributed by atoms with Crippen LogP contribution in [-0.4, -0.2) is 0 Å². The largest absolute Gasteiger partial charge is 0.456 e. The molecule has 0 fully saturated rings. The van der Waals surface area contributed by atoms with Gasteiger partial charge in [-0.3, -0.25) is 0 Å². The third-order valence-electron chi connectivity index (χ3n) is 12.0. The monoisotopic (exact) mass is 676 g/mol. The van der Waals surface area contributed by atoms with E-state index < -0.39 is 0 Å². The van der Waals surface area contributed by atoms with Crippen molar-refractivity contribution in [1.29, 1.82) is 0 Å². The molecule has 0 amide bonds. The number of hydrogen-bond donors (Lipinski definition) is 0. The molecule has 1 aliphatic rings. The van der Waals surface area contributed by atoms with Crippen molar-refractivity contribution >= 4 is 76.2 Å². The second-order valence-electron chi connectivity index (χ2n) is 15.2. The minimum atomic E-state index is -0.167. The van der Waals surface area contributed by atoms with E-state index in [0.29, 0.717) is 0 Å². The molecule has 0 bridgehead atoms. The van der Waals surface area contributed by atoms with Gasteiger partial charge in [-0.15, -0.1) is 0 Å². The SMILES string of the molecule is CC1(C)c2ccc(-c3c4ccccc4c(-c4ccc5oc6ccccc6c5c4)c4ccccc34)cc2-c2ccc3cc4oc5ccccc5c4cc3c21. The molecular formula is C51H32O2. The van der Waals surface area contributed by atoms with Crippen LogP contribution in [-0.2, 0) is 5.41 Å². The van der Waals surface area contributed by atoms with Gasteiger partial charge in [0.2, 0.25) is 0 Å². The quantitative estimate of drug-likeness (QED) is 0.170. The molecule has 0 aliphatic heterocycles. The van der Waals surface area contributed by atoms with Crippen molar-refractivity contribution in [1.82, 2.24) is 0 Å². The zero-order valence-electron chi connectivity index (χ0n) is 29.3. The van der Waals surface area contributed by atoms with Crippen molar-refractivity contribution in [3.05, 3.63) is 169 Å². The van der Waals surface area contributed by atoms with Crippen molar-refractivity contribution in [3.8, 4) is 33.4 Å². The highest BCUT2D eigenvalue weighted by atomic mass is 16.3. The van der Waals surface area contributed by atoms with E-state index in [1.807, 2.05) is 18.2 Å². The van der Waals surface area contributed by atoms with Crippen LogP contribution in [0.15, 0.2) is 167 Å². The smallest absolute Gasteiger partial charge is 0.136 e. The molecule has 9 aromatic carbocycles. The summed E-state index contributed by atoms with van der Waals surface area (Å²) < 4.78 is 12.5. The van der Waals surface area contributed by atoms with Crippen LogP contribution in [0.2, 0.25) is 0 Å². The Labute approximate surface area is 305 Å². The van der Waals surface area contributed by atoms with Crippen LogP contribution in [0.25, 0.3) is 110 Å². The van der Waals surface area contributed by atoms with Crippen LogP contribution in [0.4, 0.5) is 0 Å². The molecule has 1 aliphatic carbocycles. The molecule has 2 heterocycles. The van der Waals surface area contributed by atoms with Gasteiger partial charge in [-0.25, -0.2) is 0 Å². The Morgan fingerprint density at radius 2 is 0.868 bits per heavy atom. The lowest BCUT2D eigenvalue weighted by Crippen LogP contribution is -2.15. The molecule has 0 unspecified atom stereocenters. The maximum atomic E-state index is 6.29. The van der Waals surface area contributed by atoms with Crippen molar-refractivity contribution in [2.24, 2.45) is 0 Å². The molecule has 248 valence electrons. The van der Waals surface area contributed by atoms with E-state index in [1.165, 1.54) is 82.2 Å². The van der Waals surface area contributed by atoms with Gasteiger partial charge in [-0.05, 0) is 119 Å². The Balaban J connectivity index is 1.10. The minimum absolute atomic E-state index is 0.167. The second-order valence-corrected chi connectivity index (χ2v) is 15.2. The van der Waals surface area contributed by atoms with Gasteiger partial charge < -0.3 is 8.83 Å². The van der Waals surface area contributed by atoms with Gasteiger partial charge >= 0.3 is 0 Å². The molecule has 0 N–H and O–H groups in total. The predicted octanol–water partition coefficient (Wildman–Crippen LogP) is 14.6. The second kappa shape index (κ2) is 10.2. The Hall–Kier alpha value is -6.64. The van der Waals surface area contributed by atoms with Gasteiger partial charge in [0.25, 0.3) is 0 Å². The molecule has 2 heteroatoms. The van der Waals surface area contributed by atoms with Gasteiger partial charge in [0.1, 0.15) is 22.3 Å². The summed E-state index contributed by atoms with van der Waals surface area (Å²) in [5.41, 5.74) is 13.9. The van der Waals surface area contributed by atoms with Crippen molar-refractivity contribution in [3.63, 3.8) is 0 Å². The minimum Gasteiger partial charge on any atom is -0.456 e. The number of furan rings is 2. The topological polar surface area (TPSA) is 26.3 Å². The predicted molar refractivity (Wildman–Crippen MR) is 222 cm³/mol. The van der Waals surface area contributed by atoms with E-state index in [9.17, 15) is 0 Å². The average molecular weight is 677 g/mol. The van der Waals surface area contributed by atoms with Crippen LogP contribution in [0.1, 0.15) is 25.0 Å². The van der Waals surface area contributed by atoms with Crippen LogP contribution in [0.5, 0.6) is 0 Å². The number of benzene rings is 9. The lowest BCUT2D eigenvalue weighted by Gasteiger charge is -2.23. The maximum Gasteiger partial charge on any atom is 0.136 e. The first-order valence-corrected chi connectivity index (χ1v) is 18.4. The first-order valence-electron chi connectivity index (χ1n) is 18.4. The normalized spacial score (nSPS) is 13.6. The van der Waals surface area contributed by atoms with Crippen LogP contribution < -0.4 is 0 Å². The highest BCUT2D eigenvalue weighted by Gasteiger charge is 2.37. The van der Waals surface area contributed by atoms with E-state index in [1.54, 1.807) is 0 Å². The van der Waals surface area contributed by atoms with Crippen molar-refractivity contribution in [2.45, 2.75) is 19.3 Å². The first kappa shape index (κ1) is 29.0. The summed E-state index contributed by atoms with van der Waals surface area (Å²) in [5, 5.41) is 12.1. The number of hydrogen-bond acceptors (Lipinski definition) is 2. The number of para-hydroxylation sites is 2. The molecule has 0 radical (unpaired) electrons. The summed E-state index contributed by atoms with van der Waals surface area (Å²) >= 11 is 0. The fourth-order valence-electron chi connectivity index (χ4n) is 9.68. The Bertz CT molecular complexity index is 3310. The summed E-state index contributed by atoms with van der Waals surface area (Å²) in [4.78, 5) is 0. The zero-order chi connectivity index (χ0) is 35.0. The Morgan fingerprint density at radius 3 is 1.51 bits per heavy atom. The van der Waals surface area contributed by atoms with Crippen LogP contribution in [0, 0.1) is 0 Å². The molecule has 11 aromatic rings. The van der Waals surface area contributed by atoms with Crippen LogP contribution in [0.3, 0.4) is 0 Å². The first-order chi connectivity index (χ1) is 26.0. The van der Waals surface area contributed by atoms with E-state index in [-0.39, 0.29) is 5.41 Å². The summed E-state index contributed by atoms with van der Waals surface area (Å²) in [6, 6.07) is 57.6. The average Bonchev–Trinajstić information content (AvgIpc) is 3.82. The molecule has 53 heavy (non-hydrogen) atoms. The Kier molecular flexibility index (Phi) is 5.60. The van der Waals surface area contributed by atoms with Gasteiger partial charge in [-0.1, -0.05) is 129 Å². The highest BCUT2D eigenvalue weighted by Crippen LogP contribution is 2.54. The molecule has 0 spiro atoms. The molecule has 2 aromatic heterocycles. The van der Waals surface area contributed by atoms with Gasteiger partial charge in [0, 0.05) is 27.0 Å². The highest BCUT2D eigenvalue weighted by molar-refractivity contribution is 6.22.